The maximum atomic E-state index is 12.2. The van der Waals surface area contributed by atoms with Crippen molar-refractivity contribution in [2.24, 2.45) is 5.92 Å². The molecule has 0 radical (unpaired) electrons. The molecule has 2 fully saturated rings. The second-order valence-electron chi connectivity index (χ2n) is 5.80. The first kappa shape index (κ1) is 14.1. The molecule has 0 spiro atoms. The number of carboxylic acid groups (broad SMARTS) is 1. The highest BCUT2D eigenvalue weighted by atomic mass is 16.5. The molecule has 1 unspecified atom stereocenters. The van der Waals surface area contributed by atoms with E-state index in [2.05, 4.69) is 5.32 Å². The van der Waals surface area contributed by atoms with Crippen molar-refractivity contribution in [2.75, 3.05) is 26.3 Å². The predicted molar refractivity (Wildman–Crippen MR) is 68.9 cm³/mol. The fraction of sp³-hybridized carbons (Fsp3) is 0.846. The van der Waals surface area contributed by atoms with Gasteiger partial charge in [-0.2, -0.15) is 0 Å². The highest BCUT2D eigenvalue weighted by Gasteiger charge is 2.33. The maximum Gasteiger partial charge on any atom is 0.317 e. The number of nitrogens with zero attached hydrogens (tertiary/aromatic N) is 1. The lowest BCUT2D eigenvalue weighted by Gasteiger charge is -2.35. The minimum absolute atomic E-state index is 0.0720. The van der Waals surface area contributed by atoms with E-state index in [1.54, 1.807) is 4.90 Å². The number of aliphatic carboxylic acids is 1. The van der Waals surface area contributed by atoms with Crippen LogP contribution in [-0.2, 0) is 9.53 Å². The molecule has 1 atom stereocenters. The van der Waals surface area contributed by atoms with E-state index >= 15 is 0 Å². The molecule has 2 aliphatic rings. The summed E-state index contributed by atoms with van der Waals surface area (Å²) in [5.41, 5.74) is -0.194. The first-order valence-electron chi connectivity index (χ1n) is 6.85. The van der Waals surface area contributed by atoms with Crippen LogP contribution in [0.2, 0.25) is 0 Å². The Morgan fingerprint density at radius 2 is 2.11 bits per heavy atom. The third-order valence-corrected chi connectivity index (χ3v) is 4.04. The first-order chi connectivity index (χ1) is 8.98. The molecule has 0 aromatic rings. The average Bonchev–Trinajstić information content (AvgIpc) is 2.77. The largest absolute Gasteiger partial charge is 0.481 e. The van der Waals surface area contributed by atoms with Gasteiger partial charge in [0.15, 0.2) is 0 Å². The predicted octanol–water partition coefficient (Wildman–Crippen LogP) is 1.06. The van der Waals surface area contributed by atoms with Gasteiger partial charge >= 0.3 is 12.0 Å². The molecule has 0 aliphatic carbocycles. The van der Waals surface area contributed by atoms with E-state index in [4.69, 9.17) is 9.84 Å². The van der Waals surface area contributed by atoms with Gasteiger partial charge in [0, 0.05) is 38.3 Å². The third-order valence-electron chi connectivity index (χ3n) is 4.04. The first-order valence-corrected chi connectivity index (χ1v) is 6.85. The van der Waals surface area contributed by atoms with Gasteiger partial charge in [-0.15, -0.1) is 0 Å². The van der Waals surface area contributed by atoms with E-state index in [1.165, 1.54) is 0 Å². The molecule has 108 valence electrons. The van der Waals surface area contributed by atoms with Crippen molar-refractivity contribution in [1.29, 1.82) is 0 Å². The molecule has 2 heterocycles. The van der Waals surface area contributed by atoms with Gasteiger partial charge in [-0.1, -0.05) is 0 Å². The van der Waals surface area contributed by atoms with Crippen molar-refractivity contribution in [2.45, 2.75) is 38.1 Å². The number of nitrogens with one attached hydrogen (secondary N) is 1. The van der Waals surface area contributed by atoms with Crippen molar-refractivity contribution in [3.63, 3.8) is 0 Å². The summed E-state index contributed by atoms with van der Waals surface area (Å²) in [6.45, 7) is 4.59. The molecule has 0 bridgehead atoms. The zero-order chi connectivity index (χ0) is 13.9. The minimum atomic E-state index is -0.788. The van der Waals surface area contributed by atoms with Crippen molar-refractivity contribution in [1.82, 2.24) is 10.2 Å². The van der Waals surface area contributed by atoms with Crippen LogP contribution in [0, 0.1) is 5.92 Å². The Balaban J connectivity index is 1.82. The van der Waals surface area contributed by atoms with Gasteiger partial charge in [0.05, 0.1) is 0 Å². The van der Waals surface area contributed by atoms with Gasteiger partial charge in [0.2, 0.25) is 0 Å². The van der Waals surface area contributed by atoms with Crippen molar-refractivity contribution in [3.8, 4) is 0 Å². The fourth-order valence-corrected chi connectivity index (χ4v) is 2.71. The molecule has 0 aromatic heterocycles. The third kappa shape index (κ3) is 3.83. The van der Waals surface area contributed by atoms with Gasteiger partial charge < -0.3 is 20.1 Å². The smallest absolute Gasteiger partial charge is 0.317 e. The molecule has 2 aliphatic heterocycles. The molecule has 2 saturated heterocycles. The van der Waals surface area contributed by atoms with Crippen molar-refractivity contribution < 1.29 is 19.4 Å². The number of hydrogen-bond acceptors (Lipinski definition) is 3. The Labute approximate surface area is 113 Å². The number of carbonyl (C=O) groups is 2. The Morgan fingerprint density at radius 3 is 2.74 bits per heavy atom. The maximum absolute atomic E-state index is 12.2. The minimum Gasteiger partial charge on any atom is -0.481 e. The topological polar surface area (TPSA) is 78.9 Å². The van der Waals surface area contributed by atoms with Crippen LogP contribution in [0.15, 0.2) is 0 Å². The number of ether oxygens (including phenoxy) is 1. The van der Waals surface area contributed by atoms with Crippen LogP contribution in [0.1, 0.15) is 32.6 Å². The van der Waals surface area contributed by atoms with E-state index in [1.807, 2.05) is 6.92 Å². The summed E-state index contributed by atoms with van der Waals surface area (Å²) < 4.78 is 5.30. The molecule has 19 heavy (non-hydrogen) atoms. The second-order valence-corrected chi connectivity index (χ2v) is 5.80. The van der Waals surface area contributed by atoms with Gasteiger partial charge in [0.1, 0.15) is 0 Å². The Hall–Kier alpha value is -1.30. The van der Waals surface area contributed by atoms with Gasteiger partial charge in [0.25, 0.3) is 0 Å². The van der Waals surface area contributed by atoms with Crippen LogP contribution in [-0.4, -0.2) is 53.8 Å². The zero-order valence-electron chi connectivity index (χ0n) is 11.4. The summed E-state index contributed by atoms with van der Waals surface area (Å²) in [5, 5.41) is 11.8. The summed E-state index contributed by atoms with van der Waals surface area (Å²) in [6.07, 6.45) is 2.57. The molecule has 0 aromatic carbocycles. The summed E-state index contributed by atoms with van der Waals surface area (Å²) in [6, 6.07) is -0.0720. The van der Waals surface area contributed by atoms with Crippen LogP contribution in [0.5, 0.6) is 0 Å². The van der Waals surface area contributed by atoms with Crippen molar-refractivity contribution >= 4 is 12.0 Å². The van der Waals surface area contributed by atoms with E-state index in [-0.39, 0.29) is 23.9 Å². The summed E-state index contributed by atoms with van der Waals surface area (Å²) in [7, 11) is 0. The van der Waals surface area contributed by atoms with Crippen LogP contribution in [0.25, 0.3) is 0 Å². The number of amides is 2. The van der Waals surface area contributed by atoms with E-state index in [9.17, 15) is 9.59 Å². The van der Waals surface area contributed by atoms with E-state index in [0.717, 1.165) is 19.3 Å². The summed E-state index contributed by atoms with van der Waals surface area (Å²) >= 11 is 0. The van der Waals surface area contributed by atoms with Crippen LogP contribution >= 0.6 is 0 Å². The van der Waals surface area contributed by atoms with E-state index < -0.39 is 5.97 Å². The zero-order valence-corrected chi connectivity index (χ0v) is 11.4. The van der Waals surface area contributed by atoms with Gasteiger partial charge in [-0.3, -0.25) is 4.79 Å². The molecule has 6 heteroatoms. The number of likely N-dealkylation sites (tertiary alicyclic amines) is 1. The SMILES string of the molecule is CC1(NC(=O)N2CCC(CC(=O)O)C2)CCOCC1. The lowest BCUT2D eigenvalue weighted by Crippen LogP contribution is -2.53. The van der Waals surface area contributed by atoms with Crippen LogP contribution in [0.4, 0.5) is 4.79 Å². The standard InChI is InChI=1S/C13H22N2O4/c1-13(3-6-19-7-4-13)14-12(18)15-5-2-10(9-15)8-11(16)17/h10H,2-9H2,1H3,(H,14,18)(H,16,17). The molecule has 2 N–H and O–H groups in total. The Bertz CT molecular complexity index is 353. The number of hydrogen-bond donors (Lipinski definition) is 2. The van der Waals surface area contributed by atoms with Crippen LogP contribution in [0.3, 0.4) is 0 Å². The normalized spacial score (nSPS) is 26.2. The molecule has 6 nitrogen and oxygen atoms in total. The lowest BCUT2D eigenvalue weighted by molar-refractivity contribution is -0.138. The number of carboxylic acids is 1. The molecule has 0 saturated carbocycles. The van der Waals surface area contributed by atoms with Crippen LogP contribution < -0.4 is 5.32 Å². The molecule has 2 amide bonds. The monoisotopic (exact) mass is 270 g/mol. The molecular formula is C13H22N2O4. The number of rotatable bonds is 3. The summed E-state index contributed by atoms with van der Waals surface area (Å²) in [4.78, 5) is 24.6. The fourth-order valence-electron chi connectivity index (χ4n) is 2.71. The Morgan fingerprint density at radius 1 is 1.42 bits per heavy atom. The highest BCUT2D eigenvalue weighted by molar-refractivity contribution is 5.75. The average molecular weight is 270 g/mol. The lowest BCUT2D eigenvalue weighted by atomic mass is 9.93. The summed E-state index contributed by atoms with van der Waals surface area (Å²) in [5.74, 6) is -0.700. The second kappa shape index (κ2) is 5.77. The van der Waals surface area contributed by atoms with Gasteiger partial charge in [-0.05, 0) is 32.1 Å². The molecule has 2 rings (SSSR count). The van der Waals surface area contributed by atoms with Crippen molar-refractivity contribution in [3.05, 3.63) is 0 Å². The number of carbonyl (C=O) groups excluding carboxylic acids is 1. The molecular weight excluding hydrogens is 248 g/mol. The van der Waals surface area contributed by atoms with E-state index in [0.29, 0.717) is 26.3 Å². The Kier molecular flexibility index (Phi) is 4.29. The highest BCUT2D eigenvalue weighted by Crippen LogP contribution is 2.23. The van der Waals surface area contributed by atoms with Gasteiger partial charge in [-0.25, -0.2) is 4.79 Å². The quantitative estimate of drug-likeness (QED) is 0.803. The number of urea groups is 1.